The van der Waals surface area contributed by atoms with Crippen LogP contribution >= 0.6 is 22.9 Å². The standard InChI is InChI=1S/C24H23ClN4O4S/c25-19-6-4-16(5-7-19)21(28-10-8-22-18(15-28)9-11-34-22)13-26-23(30)14-27-24(31)17-2-1-3-20(12-17)29(32)33/h1-7,9,11-12,21H,8,10,13-15H2,(H,26,30)(H,27,31). The number of nitrogens with zero attached hydrogens (tertiary/aromatic N) is 2. The van der Waals surface area contributed by atoms with Crippen LogP contribution in [0.1, 0.15) is 32.4 Å². The maximum absolute atomic E-state index is 12.5. The molecule has 2 heterocycles. The number of halogens is 1. The van der Waals surface area contributed by atoms with Crippen molar-refractivity contribution in [2.45, 2.75) is 19.0 Å². The number of nitro groups is 1. The van der Waals surface area contributed by atoms with Gasteiger partial charge in [-0.15, -0.1) is 11.3 Å². The first-order chi connectivity index (χ1) is 16.4. The molecule has 8 nitrogen and oxygen atoms in total. The van der Waals surface area contributed by atoms with Crippen LogP contribution in [0.5, 0.6) is 0 Å². The van der Waals surface area contributed by atoms with E-state index in [4.69, 9.17) is 11.6 Å². The summed E-state index contributed by atoms with van der Waals surface area (Å²) in [6.07, 6.45) is 0.963. The van der Waals surface area contributed by atoms with Crippen molar-refractivity contribution in [3.63, 3.8) is 0 Å². The molecule has 0 saturated carbocycles. The number of carbonyl (C=O) groups is 2. The molecule has 0 aliphatic carbocycles. The van der Waals surface area contributed by atoms with Crippen LogP contribution in [-0.4, -0.2) is 41.3 Å². The van der Waals surface area contributed by atoms with Crippen LogP contribution in [0.25, 0.3) is 0 Å². The lowest BCUT2D eigenvalue weighted by Crippen LogP contribution is -2.43. The topological polar surface area (TPSA) is 105 Å². The third kappa shape index (κ3) is 5.80. The number of rotatable bonds is 8. The van der Waals surface area contributed by atoms with Gasteiger partial charge in [0.05, 0.1) is 17.5 Å². The molecule has 0 saturated heterocycles. The Morgan fingerprint density at radius 2 is 1.94 bits per heavy atom. The zero-order chi connectivity index (χ0) is 24.1. The second-order valence-corrected chi connectivity index (χ2v) is 9.39. The van der Waals surface area contributed by atoms with Gasteiger partial charge in [-0.25, -0.2) is 0 Å². The van der Waals surface area contributed by atoms with Crippen molar-refractivity contribution in [3.05, 3.63) is 96.7 Å². The minimum Gasteiger partial charge on any atom is -0.353 e. The second kappa shape index (κ2) is 10.8. The first kappa shape index (κ1) is 23.9. The van der Waals surface area contributed by atoms with Crippen LogP contribution in [0.15, 0.2) is 60.0 Å². The van der Waals surface area contributed by atoms with Gasteiger partial charge in [0.1, 0.15) is 0 Å². The minimum absolute atomic E-state index is 0.0539. The summed E-state index contributed by atoms with van der Waals surface area (Å²) in [7, 11) is 0. The van der Waals surface area contributed by atoms with Crippen molar-refractivity contribution in [1.82, 2.24) is 15.5 Å². The van der Waals surface area contributed by atoms with Crippen LogP contribution < -0.4 is 10.6 Å². The van der Waals surface area contributed by atoms with E-state index in [9.17, 15) is 19.7 Å². The predicted molar refractivity (Wildman–Crippen MR) is 131 cm³/mol. The number of fused-ring (bicyclic) bond motifs is 1. The summed E-state index contributed by atoms with van der Waals surface area (Å²) in [4.78, 5) is 38.9. The van der Waals surface area contributed by atoms with E-state index >= 15 is 0 Å². The monoisotopic (exact) mass is 498 g/mol. The fourth-order valence-corrected chi connectivity index (χ4v) is 4.99. The van der Waals surface area contributed by atoms with Gasteiger partial charge >= 0.3 is 0 Å². The molecule has 1 aromatic heterocycles. The highest BCUT2D eigenvalue weighted by Crippen LogP contribution is 2.30. The molecule has 0 spiro atoms. The van der Waals surface area contributed by atoms with E-state index in [-0.39, 0.29) is 29.7 Å². The maximum atomic E-state index is 12.5. The van der Waals surface area contributed by atoms with Crippen molar-refractivity contribution in [1.29, 1.82) is 0 Å². The average molecular weight is 499 g/mol. The summed E-state index contributed by atoms with van der Waals surface area (Å²) in [6.45, 7) is 1.81. The normalized spacial score (nSPS) is 14.1. The number of hydrogen-bond donors (Lipinski definition) is 2. The first-order valence-electron chi connectivity index (χ1n) is 10.7. The van der Waals surface area contributed by atoms with E-state index < -0.39 is 10.8 Å². The maximum Gasteiger partial charge on any atom is 0.270 e. The number of benzene rings is 2. The molecule has 0 radical (unpaired) electrons. The quantitative estimate of drug-likeness (QED) is 0.361. The van der Waals surface area contributed by atoms with E-state index in [2.05, 4.69) is 27.0 Å². The third-order valence-electron chi connectivity index (χ3n) is 5.75. The molecular weight excluding hydrogens is 476 g/mol. The van der Waals surface area contributed by atoms with Gasteiger partial charge in [0.15, 0.2) is 0 Å². The molecule has 2 aromatic carbocycles. The Kier molecular flexibility index (Phi) is 7.56. The van der Waals surface area contributed by atoms with Gasteiger partial charge in [-0.1, -0.05) is 29.8 Å². The minimum atomic E-state index is -0.569. The van der Waals surface area contributed by atoms with E-state index in [1.54, 1.807) is 11.3 Å². The van der Waals surface area contributed by atoms with Gasteiger partial charge < -0.3 is 10.6 Å². The number of amides is 2. The highest BCUT2D eigenvalue weighted by atomic mass is 35.5. The third-order valence-corrected chi connectivity index (χ3v) is 7.03. The molecule has 2 N–H and O–H groups in total. The van der Waals surface area contributed by atoms with E-state index in [0.29, 0.717) is 11.6 Å². The fraction of sp³-hybridized carbons (Fsp3) is 0.250. The van der Waals surface area contributed by atoms with Crippen molar-refractivity contribution in [2.75, 3.05) is 19.6 Å². The summed E-state index contributed by atoms with van der Waals surface area (Å²) in [5, 5.41) is 19.1. The molecule has 0 bridgehead atoms. The molecule has 10 heteroatoms. The predicted octanol–water partition coefficient (Wildman–Crippen LogP) is 3.96. The Hall–Kier alpha value is -3.27. The highest BCUT2D eigenvalue weighted by Gasteiger charge is 2.26. The first-order valence-corrected chi connectivity index (χ1v) is 12.0. The molecule has 2 amide bonds. The van der Waals surface area contributed by atoms with Crippen molar-refractivity contribution < 1.29 is 14.5 Å². The van der Waals surface area contributed by atoms with Gasteiger partial charge in [0, 0.05) is 47.2 Å². The van der Waals surface area contributed by atoms with Gasteiger partial charge in [-0.3, -0.25) is 24.6 Å². The van der Waals surface area contributed by atoms with Crippen LogP contribution in [0.4, 0.5) is 5.69 Å². The SMILES string of the molecule is O=C(CNC(=O)c1cccc([N+](=O)[O-])c1)NCC(c1ccc(Cl)cc1)N1CCc2sccc2C1. The summed E-state index contributed by atoms with van der Waals surface area (Å²) in [5.41, 5.74) is 2.30. The zero-order valence-corrected chi connectivity index (χ0v) is 19.8. The Morgan fingerprint density at radius 3 is 2.71 bits per heavy atom. The smallest absolute Gasteiger partial charge is 0.270 e. The van der Waals surface area contributed by atoms with Crippen LogP contribution in [0, 0.1) is 10.1 Å². The highest BCUT2D eigenvalue weighted by molar-refractivity contribution is 7.10. The van der Waals surface area contributed by atoms with Crippen molar-refractivity contribution in [3.8, 4) is 0 Å². The van der Waals surface area contributed by atoms with E-state index in [0.717, 1.165) is 25.1 Å². The van der Waals surface area contributed by atoms with Crippen LogP contribution in [-0.2, 0) is 17.8 Å². The van der Waals surface area contributed by atoms with E-state index in [1.807, 2.05) is 24.3 Å². The van der Waals surface area contributed by atoms with Gasteiger partial charge in [-0.05, 0) is 47.2 Å². The van der Waals surface area contributed by atoms with Gasteiger partial charge in [0.25, 0.3) is 11.6 Å². The lowest BCUT2D eigenvalue weighted by molar-refractivity contribution is -0.384. The summed E-state index contributed by atoms with van der Waals surface area (Å²) in [6, 6.07) is 15.1. The Labute approximate surface area is 205 Å². The molecule has 1 aliphatic heterocycles. The number of carbonyl (C=O) groups excluding carboxylic acids is 2. The Balaban J connectivity index is 1.37. The number of hydrogen-bond acceptors (Lipinski definition) is 6. The summed E-state index contributed by atoms with van der Waals surface area (Å²) < 4.78 is 0. The van der Waals surface area contributed by atoms with E-state index in [1.165, 1.54) is 34.7 Å². The molecule has 4 rings (SSSR count). The lowest BCUT2D eigenvalue weighted by Gasteiger charge is -2.35. The number of nitrogens with one attached hydrogen (secondary N) is 2. The van der Waals surface area contributed by atoms with Gasteiger partial charge in [0.2, 0.25) is 5.91 Å². The molecule has 176 valence electrons. The van der Waals surface area contributed by atoms with Crippen molar-refractivity contribution in [2.24, 2.45) is 0 Å². The molecule has 1 atom stereocenters. The second-order valence-electron chi connectivity index (χ2n) is 7.95. The van der Waals surface area contributed by atoms with Gasteiger partial charge in [-0.2, -0.15) is 0 Å². The number of non-ortho nitro benzene ring substituents is 1. The molecule has 3 aromatic rings. The number of nitro benzene ring substituents is 1. The zero-order valence-electron chi connectivity index (χ0n) is 18.2. The summed E-state index contributed by atoms with van der Waals surface area (Å²) in [5.74, 6) is -0.889. The largest absolute Gasteiger partial charge is 0.353 e. The van der Waals surface area contributed by atoms with Crippen molar-refractivity contribution >= 4 is 40.4 Å². The van der Waals surface area contributed by atoms with Crippen LogP contribution in [0.2, 0.25) is 5.02 Å². The lowest BCUT2D eigenvalue weighted by atomic mass is 10.0. The molecule has 1 aliphatic rings. The Bertz CT molecular complexity index is 1200. The molecular formula is C24H23ClN4O4S. The fourth-order valence-electron chi connectivity index (χ4n) is 3.98. The molecule has 0 fully saturated rings. The number of thiophene rings is 1. The Morgan fingerprint density at radius 1 is 1.15 bits per heavy atom. The van der Waals surface area contributed by atoms with Crippen LogP contribution in [0.3, 0.4) is 0 Å². The molecule has 34 heavy (non-hydrogen) atoms. The molecule has 1 unspecified atom stereocenters. The summed E-state index contributed by atoms with van der Waals surface area (Å²) >= 11 is 7.84. The average Bonchev–Trinajstić information content (AvgIpc) is 3.32.